The van der Waals surface area contributed by atoms with Gasteiger partial charge < -0.3 is 5.32 Å². The van der Waals surface area contributed by atoms with Crippen LogP contribution in [0.5, 0.6) is 0 Å². The molecule has 9 heteroatoms. The maximum absolute atomic E-state index is 14.2. The molecule has 3 aromatic rings. The normalized spacial score (nSPS) is 15.0. The van der Waals surface area contributed by atoms with Gasteiger partial charge in [0.1, 0.15) is 11.6 Å². The van der Waals surface area contributed by atoms with E-state index in [2.05, 4.69) is 30.8 Å². The summed E-state index contributed by atoms with van der Waals surface area (Å²) in [7, 11) is 0. The molecule has 0 aromatic carbocycles. The van der Waals surface area contributed by atoms with Gasteiger partial charge in [-0.1, -0.05) is 6.42 Å². The van der Waals surface area contributed by atoms with Crippen molar-refractivity contribution in [3.63, 3.8) is 0 Å². The quantitative estimate of drug-likeness (QED) is 0.678. The molecule has 138 valence electrons. The zero-order chi connectivity index (χ0) is 18.7. The predicted molar refractivity (Wildman–Crippen MR) is 100 cm³/mol. The number of halogens is 1. The van der Waals surface area contributed by atoms with Crippen LogP contribution in [0.2, 0.25) is 0 Å². The Balaban J connectivity index is 1.41. The molecule has 0 spiro atoms. The molecule has 0 atom stereocenters. The van der Waals surface area contributed by atoms with E-state index >= 15 is 0 Å². The highest BCUT2D eigenvalue weighted by atomic mass is 32.1. The fourth-order valence-electron chi connectivity index (χ4n) is 3.13. The SMILES string of the molecule is O=C(Nc1nccs1)c1ccc(NCC2(c3ncccc3F)CCC2)nn1. The zero-order valence-corrected chi connectivity index (χ0v) is 15.2. The summed E-state index contributed by atoms with van der Waals surface area (Å²) < 4.78 is 14.2. The molecule has 0 aliphatic heterocycles. The topological polar surface area (TPSA) is 92.7 Å². The van der Waals surface area contributed by atoms with Crippen LogP contribution in [0.4, 0.5) is 15.3 Å². The van der Waals surface area contributed by atoms with E-state index in [9.17, 15) is 9.18 Å². The monoisotopic (exact) mass is 384 g/mol. The van der Waals surface area contributed by atoms with E-state index in [-0.39, 0.29) is 22.8 Å². The van der Waals surface area contributed by atoms with Crippen LogP contribution in [0.1, 0.15) is 35.4 Å². The Morgan fingerprint density at radius 2 is 2.07 bits per heavy atom. The smallest absolute Gasteiger partial charge is 0.277 e. The summed E-state index contributed by atoms with van der Waals surface area (Å²) in [6.45, 7) is 0.514. The minimum Gasteiger partial charge on any atom is -0.368 e. The van der Waals surface area contributed by atoms with Crippen molar-refractivity contribution in [3.05, 3.63) is 59.2 Å². The van der Waals surface area contributed by atoms with Gasteiger partial charge in [-0.2, -0.15) is 0 Å². The largest absolute Gasteiger partial charge is 0.368 e. The van der Waals surface area contributed by atoms with Crippen molar-refractivity contribution in [1.29, 1.82) is 0 Å². The molecule has 0 unspecified atom stereocenters. The fraction of sp³-hybridized carbons (Fsp3) is 0.278. The van der Waals surface area contributed by atoms with Crippen molar-refractivity contribution < 1.29 is 9.18 Å². The summed E-state index contributed by atoms with van der Waals surface area (Å²) in [6, 6.07) is 6.32. The molecule has 1 aliphatic rings. The third-order valence-corrected chi connectivity index (χ3v) is 5.42. The Morgan fingerprint density at radius 1 is 1.19 bits per heavy atom. The average molecular weight is 384 g/mol. The van der Waals surface area contributed by atoms with E-state index in [1.807, 2.05) is 0 Å². The lowest BCUT2D eigenvalue weighted by Gasteiger charge is -2.41. The van der Waals surface area contributed by atoms with Crippen LogP contribution in [0.3, 0.4) is 0 Å². The summed E-state index contributed by atoms with van der Waals surface area (Å²) in [5.41, 5.74) is 0.370. The van der Waals surface area contributed by atoms with Crippen LogP contribution in [0.25, 0.3) is 0 Å². The maximum Gasteiger partial charge on any atom is 0.277 e. The lowest BCUT2D eigenvalue weighted by molar-refractivity contribution is 0.102. The second kappa shape index (κ2) is 7.36. The van der Waals surface area contributed by atoms with Crippen molar-refractivity contribution in [1.82, 2.24) is 20.2 Å². The van der Waals surface area contributed by atoms with Gasteiger partial charge in [-0.05, 0) is 37.1 Å². The summed E-state index contributed by atoms with van der Waals surface area (Å²) in [4.78, 5) is 20.3. The molecule has 1 amide bonds. The van der Waals surface area contributed by atoms with E-state index in [4.69, 9.17) is 0 Å². The van der Waals surface area contributed by atoms with Crippen LogP contribution in [-0.2, 0) is 5.41 Å². The molecule has 1 saturated carbocycles. The molecule has 3 aromatic heterocycles. The summed E-state index contributed by atoms with van der Waals surface area (Å²) in [5.74, 6) is -0.113. The van der Waals surface area contributed by atoms with Gasteiger partial charge in [0.25, 0.3) is 5.91 Å². The van der Waals surface area contributed by atoms with E-state index in [1.165, 1.54) is 17.4 Å². The lowest BCUT2D eigenvalue weighted by Crippen LogP contribution is -2.42. The van der Waals surface area contributed by atoms with Gasteiger partial charge in [0.15, 0.2) is 10.8 Å². The summed E-state index contributed by atoms with van der Waals surface area (Å²) in [5, 5.41) is 16.1. The molecule has 0 radical (unpaired) electrons. The van der Waals surface area contributed by atoms with E-state index < -0.39 is 0 Å². The molecule has 7 nitrogen and oxygen atoms in total. The van der Waals surface area contributed by atoms with E-state index in [0.29, 0.717) is 23.2 Å². The molecule has 0 bridgehead atoms. The number of pyridine rings is 1. The molecule has 1 fully saturated rings. The van der Waals surface area contributed by atoms with E-state index in [0.717, 1.165) is 19.3 Å². The summed E-state index contributed by atoms with van der Waals surface area (Å²) >= 11 is 1.33. The van der Waals surface area contributed by atoms with Gasteiger partial charge in [0.05, 0.1) is 5.69 Å². The third-order valence-electron chi connectivity index (χ3n) is 4.73. The Morgan fingerprint density at radius 3 is 2.70 bits per heavy atom. The number of rotatable bonds is 6. The zero-order valence-electron chi connectivity index (χ0n) is 14.4. The van der Waals surface area contributed by atoms with Gasteiger partial charge in [-0.15, -0.1) is 21.5 Å². The molecular weight excluding hydrogens is 367 g/mol. The molecule has 3 heterocycles. The Kier molecular flexibility index (Phi) is 4.76. The standard InChI is InChI=1S/C18H17FN6OS/c19-12-3-1-8-20-15(12)18(6-2-7-18)11-22-14-5-4-13(24-25-14)16(26)23-17-21-9-10-27-17/h1,3-5,8-10H,2,6-7,11H2,(H,22,25)(H,21,23,26). The van der Waals surface area contributed by atoms with Gasteiger partial charge in [0, 0.05) is 29.7 Å². The number of hydrogen-bond donors (Lipinski definition) is 2. The second-order valence-electron chi connectivity index (χ2n) is 6.42. The van der Waals surface area contributed by atoms with Crippen molar-refractivity contribution >= 4 is 28.2 Å². The Hall–Kier alpha value is -2.94. The molecule has 0 saturated heterocycles. The molecule has 4 rings (SSSR count). The Bertz CT molecular complexity index is 927. The van der Waals surface area contributed by atoms with Gasteiger partial charge in [-0.25, -0.2) is 9.37 Å². The summed E-state index contributed by atoms with van der Waals surface area (Å²) in [6.07, 6.45) is 6.01. The number of hydrogen-bond acceptors (Lipinski definition) is 7. The maximum atomic E-state index is 14.2. The van der Waals surface area contributed by atoms with Crippen molar-refractivity contribution in [2.45, 2.75) is 24.7 Å². The first-order chi connectivity index (χ1) is 13.2. The van der Waals surface area contributed by atoms with Crippen LogP contribution < -0.4 is 10.6 Å². The van der Waals surface area contributed by atoms with Gasteiger partial charge in [0.2, 0.25) is 0 Å². The minimum absolute atomic E-state index is 0.199. The van der Waals surface area contributed by atoms with E-state index in [1.54, 1.807) is 36.0 Å². The molecule has 27 heavy (non-hydrogen) atoms. The Labute approximate surface area is 159 Å². The number of carbonyl (C=O) groups excluding carboxylic acids is 1. The number of nitrogens with zero attached hydrogens (tertiary/aromatic N) is 4. The first-order valence-electron chi connectivity index (χ1n) is 8.56. The van der Waals surface area contributed by atoms with Crippen LogP contribution >= 0.6 is 11.3 Å². The molecule has 1 aliphatic carbocycles. The van der Waals surface area contributed by atoms with Crippen molar-refractivity contribution in [3.8, 4) is 0 Å². The van der Waals surface area contributed by atoms with Gasteiger partial charge >= 0.3 is 0 Å². The number of carbonyl (C=O) groups is 1. The fourth-order valence-corrected chi connectivity index (χ4v) is 3.65. The minimum atomic E-state index is -0.366. The lowest BCUT2D eigenvalue weighted by atomic mass is 9.66. The van der Waals surface area contributed by atoms with Crippen LogP contribution in [0, 0.1) is 5.82 Å². The highest BCUT2D eigenvalue weighted by molar-refractivity contribution is 7.13. The van der Waals surface area contributed by atoms with Crippen LogP contribution in [0.15, 0.2) is 42.0 Å². The van der Waals surface area contributed by atoms with Crippen LogP contribution in [-0.4, -0.2) is 32.6 Å². The molecule has 2 N–H and O–H groups in total. The third kappa shape index (κ3) is 3.63. The number of thiazole rings is 1. The number of aromatic nitrogens is 4. The number of nitrogens with one attached hydrogen (secondary N) is 2. The highest BCUT2D eigenvalue weighted by Gasteiger charge is 2.41. The predicted octanol–water partition coefficient (Wildman–Crippen LogP) is 3.25. The highest BCUT2D eigenvalue weighted by Crippen LogP contribution is 2.43. The second-order valence-corrected chi connectivity index (χ2v) is 7.31. The average Bonchev–Trinajstić information content (AvgIpc) is 3.15. The van der Waals surface area contributed by atoms with Crippen molar-refractivity contribution in [2.24, 2.45) is 0 Å². The van der Waals surface area contributed by atoms with Crippen molar-refractivity contribution in [2.75, 3.05) is 17.2 Å². The van der Waals surface area contributed by atoms with Gasteiger partial charge in [-0.3, -0.25) is 15.1 Å². The first kappa shape index (κ1) is 17.5. The molecular formula is C18H17FN6OS. The number of amides is 1. The number of anilines is 2. The first-order valence-corrected chi connectivity index (χ1v) is 9.44.